The molecule has 214 valence electrons. The monoisotopic (exact) mass is 605 g/mol. The van der Waals surface area contributed by atoms with E-state index in [-0.39, 0.29) is 39.8 Å². The van der Waals surface area contributed by atoms with Gasteiger partial charge in [-0.05, 0) is 69.7 Å². The number of sulfonamides is 1. The minimum atomic E-state index is -4.27. The predicted octanol–water partition coefficient (Wildman–Crippen LogP) is 5.45. The molecule has 3 aromatic rings. The number of carbonyl (C=O) groups is 2. The van der Waals surface area contributed by atoms with Gasteiger partial charge in [-0.25, -0.2) is 8.42 Å². The number of amides is 2. The summed E-state index contributed by atoms with van der Waals surface area (Å²) in [5.74, 6) is -0.802. The first kappa shape index (κ1) is 31.3. The summed E-state index contributed by atoms with van der Waals surface area (Å²) in [4.78, 5) is 28.3. The van der Waals surface area contributed by atoms with Gasteiger partial charge in [0.2, 0.25) is 11.8 Å². The SMILES string of the molecule is COc1ccc(Cl)cc1N(CC(=O)N(Cc1ccccc1Cl)[C@H](C)C(=O)NC(C)C)S(=O)(=O)c1ccc(C)cc1. The Bertz CT molecular complexity index is 1460. The molecule has 1 atom stereocenters. The van der Waals surface area contributed by atoms with Crippen LogP contribution in [0.5, 0.6) is 5.75 Å². The van der Waals surface area contributed by atoms with Gasteiger partial charge in [-0.1, -0.05) is 59.1 Å². The second kappa shape index (κ2) is 13.4. The first-order valence-electron chi connectivity index (χ1n) is 12.6. The number of ether oxygens (including phenoxy) is 1. The van der Waals surface area contributed by atoms with Crippen LogP contribution in [0.3, 0.4) is 0 Å². The number of nitrogens with zero attached hydrogens (tertiary/aromatic N) is 2. The number of nitrogens with one attached hydrogen (secondary N) is 1. The summed E-state index contributed by atoms with van der Waals surface area (Å²) in [5, 5.41) is 3.48. The molecule has 0 spiro atoms. The molecule has 0 saturated heterocycles. The molecule has 3 rings (SSSR count). The van der Waals surface area contributed by atoms with E-state index in [1.165, 1.54) is 36.3 Å². The van der Waals surface area contributed by atoms with E-state index in [9.17, 15) is 18.0 Å². The van der Waals surface area contributed by atoms with Crippen molar-refractivity contribution in [1.82, 2.24) is 10.2 Å². The summed E-state index contributed by atoms with van der Waals surface area (Å²) in [6, 6.07) is 16.7. The summed E-state index contributed by atoms with van der Waals surface area (Å²) < 4.78 is 34.4. The lowest BCUT2D eigenvalue weighted by atomic mass is 10.1. The number of rotatable bonds is 11. The summed E-state index contributed by atoms with van der Waals surface area (Å²) in [5.41, 5.74) is 1.56. The van der Waals surface area contributed by atoms with E-state index < -0.39 is 28.5 Å². The van der Waals surface area contributed by atoms with E-state index in [1.807, 2.05) is 20.8 Å². The highest BCUT2D eigenvalue weighted by atomic mass is 35.5. The zero-order valence-electron chi connectivity index (χ0n) is 23.0. The van der Waals surface area contributed by atoms with Crippen molar-refractivity contribution in [3.8, 4) is 5.75 Å². The number of carbonyl (C=O) groups excluding carboxylic acids is 2. The molecule has 3 aromatic carbocycles. The van der Waals surface area contributed by atoms with Crippen LogP contribution >= 0.6 is 23.2 Å². The zero-order valence-corrected chi connectivity index (χ0v) is 25.3. The van der Waals surface area contributed by atoms with E-state index in [2.05, 4.69) is 5.32 Å². The number of halogens is 2. The van der Waals surface area contributed by atoms with Crippen molar-refractivity contribution in [3.05, 3.63) is 87.9 Å². The van der Waals surface area contributed by atoms with Gasteiger partial charge < -0.3 is 15.0 Å². The van der Waals surface area contributed by atoms with Crippen LogP contribution in [0.2, 0.25) is 10.0 Å². The highest BCUT2D eigenvalue weighted by Gasteiger charge is 2.34. The van der Waals surface area contributed by atoms with E-state index in [4.69, 9.17) is 27.9 Å². The maximum atomic E-state index is 14.0. The molecule has 2 amide bonds. The van der Waals surface area contributed by atoms with Crippen molar-refractivity contribution in [2.45, 2.75) is 51.2 Å². The second-order valence-electron chi connectivity index (χ2n) is 9.59. The van der Waals surface area contributed by atoms with Crippen LogP contribution < -0.4 is 14.4 Å². The molecule has 0 unspecified atom stereocenters. The number of hydrogen-bond donors (Lipinski definition) is 1. The lowest BCUT2D eigenvalue weighted by molar-refractivity contribution is -0.139. The van der Waals surface area contributed by atoms with Crippen molar-refractivity contribution >= 4 is 50.7 Å². The number of anilines is 1. The van der Waals surface area contributed by atoms with Crippen molar-refractivity contribution in [3.63, 3.8) is 0 Å². The lowest BCUT2D eigenvalue weighted by Crippen LogP contribution is -2.52. The minimum absolute atomic E-state index is 0.0174. The Hall–Kier alpha value is -3.27. The summed E-state index contributed by atoms with van der Waals surface area (Å²) in [6.07, 6.45) is 0. The molecule has 0 fully saturated rings. The van der Waals surface area contributed by atoms with Gasteiger partial charge in [-0.2, -0.15) is 0 Å². The Kier molecular flexibility index (Phi) is 10.5. The summed E-state index contributed by atoms with van der Waals surface area (Å²) in [7, 11) is -2.88. The molecule has 8 nitrogen and oxygen atoms in total. The zero-order chi connectivity index (χ0) is 29.6. The lowest BCUT2D eigenvalue weighted by Gasteiger charge is -2.33. The van der Waals surface area contributed by atoms with Gasteiger partial charge in [0, 0.05) is 22.6 Å². The fraction of sp³-hybridized carbons (Fsp3) is 0.310. The molecular formula is C29H33Cl2N3O5S. The third kappa shape index (κ3) is 7.47. The Morgan fingerprint density at radius 1 is 0.975 bits per heavy atom. The van der Waals surface area contributed by atoms with E-state index in [0.717, 1.165) is 9.87 Å². The molecular weight excluding hydrogens is 573 g/mol. The first-order valence-corrected chi connectivity index (χ1v) is 14.8. The van der Waals surface area contributed by atoms with Gasteiger partial charge in [0.25, 0.3) is 10.0 Å². The molecule has 0 aliphatic heterocycles. The molecule has 0 aliphatic rings. The van der Waals surface area contributed by atoms with Crippen molar-refractivity contribution in [1.29, 1.82) is 0 Å². The average molecular weight is 607 g/mol. The molecule has 0 aliphatic carbocycles. The molecule has 0 bridgehead atoms. The van der Waals surface area contributed by atoms with Gasteiger partial charge in [0.1, 0.15) is 18.3 Å². The van der Waals surface area contributed by atoms with Gasteiger partial charge in [-0.3, -0.25) is 13.9 Å². The Morgan fingerprint density at radius 2 is 1.62 bits per heavy atom. The Morgan fingerprint density at radius 3 is 2.23 bits per heavy atom. The van der Waals surface area contributed by atoms with Crippen LogP contribution in [0.15, 0.2) is 71.6 Å². The van der Waals surface area contributed by atoms with E-state index >= 15 is 0 Å². The summed E-state index contributed by atoms with van der Waals surface area (Å²) in [6.45, 7) is 6.41. The fourth-order valence-electron chi connectivity index (χ4n) is 4.01. The predicted molar refractivity (Wildman–Crippen MR) is 158 cm³/mol. The van der Waals surface area contributed by atoms with Crippen LogP contribution in [0.25, 0.3) is 0 Å². The standard InChI is InChI=1S/C29H33Cl2N3O5S/c1-19(2)32-29(36)21(4)33(17-22-8-6-7-9-25(22)31)28(35)18-34(26-16-23(30)12-15-27(26)39-5)40(37,38)24-13-10-20(3)11-14-24/h6-16,19,21H,17-18H2,1-5H3,(H,32,36)/t21-/m1/s1. The number of aryl methyl sites for hydroxylation is 1. The third-order valence-corrected chi connectivity index (χ3v) is 8.57. The highest BCUT2D eigenvalue weighted by Crippen LogP contribution is 2.35. The van der Waals surface area contributed by atoms with Crippen LogP contribution in [-0.4, -0.2) is 50.9 Å². The first-order chi connectivity index (χ1) is 18.8. The normalized spacial score (nSPS) is 12.1. The van der Waals surface area contributed by atoms with Crippen molar-refractivity contribution in [2.75, 3.05) is 18.0 Å². The number of methoxy groups -OCH3 is 1. The maximum absolute atomic E-state index is 14.0. The number of benzene rings is 3. The van der Waals surface area contributed by atoms with Crippen molar-refractivity contribution in [2.24, 2.45) is 0 Å². The second-order valence-corrected chi connectivity index (χ2v) is 12.3. The van der Waals surface area contributed by atoms with Gasteiger partial charge in [0.15, 0.2) is 0 Å². The van der Waals surface area contributed by atoms with Crippen LogP contribution in [-0.2, 0) is 26.2 Å². The van der Waals surface area contributed by atoms with Crippen LogP contribution in [0, 0.1) is 6.92 Å². The molecule has 0 heterocycles. The van der Waals surface area contributed by atoms with Gasteiger partial charge in [0.05, 0.1) is 17.7 Å². The van der Waals surface area contributed by atoms with E-state index in [0.29, 0.717) is 10.6 Å². The third-order valence-electron chi connectivity index (χ3n) is 6.19. The number of hydrogen-bond acceptors (Lipinski definition) is 5. The van der Waals surface area contributed by atoms with Gasteiger partial charge >= 0.3 is 0 Å². The highest BCUT2D eigenvalue weighted by molar-refractivity contribution is 7.92. The molecule has 40 heavy (non-hydrogen) atoms. The minimum Gasteiger partial charge on any atom is -0.495 e. The quantitative estimate of drug-likeness (QED) is 0.313. The topological polar surface area (TPSA) is 96.0 Å². The maximum Gasteiger partial charge on any atom is 0.264 e. The fourth-order valence-corrected chi connectivity index (χ4v) is 5.79. The Balaban J connectivity index is 2.12. The molecule has 0 saturated carbocycles. The molecule has 0 aromatic heterocycles. The van der Waals surface area contributed by atoms with E-state index in [1.54, 1.807) is 49.4 Å². The van der Waals surface area contributed by atoms with Crippen molar-refractivity contribution < 1.29 is 22.7 Å². The van der Waals surface area contributed by atoms with Crippen LogP contribution in [0.4, 0.5) is 5.69 Å². The molecule has 1 N–H and O–H groups in total. The Labute approximate surface area is 245 Å². The smallest absolute Gasteiger partial charge is 0.264 e. The molecule has 11 heteroatoms. The van der Waals surface area contributed by atoms with Crippen LogP contribution in [0.1, 0.15) is 31.9 Å². The summed E-state index contributed by atoms with van der Waals surface area (Å²) >= 11 is 12.6. The average Bonchev–Trinajstić information content (AvgIpc) is 2.90. The van der Waals surface area contributed by atoms with Gasteiger partial charge in [-0.15, -0.1) is 0 Å². The molecule has 0 radical (unpaired) electrons. The largest absolute Gasteiger partial charge is 0.495 e.